The highest BCUT2D eigenvalue weighted by atomic mass is 19.4. The third-order valence-corrected chi connectivity index (χ3v) is 12.0. The summed E-state index contributed by atoms with van der Waals surface area (Å²) in [6, 6.07) is 12.9. The van der Waals surface area contributed by atoms with Crippen LogP contribution in [0.5, 0.6) is 11.8 Å². The van der Waals surface area contributed by atoms with Crippen LogP contribution in [-0.2, 0) is 25.4 Å². The molecule has 2 aliphatic heterocycles. The lowest BCUT2D eigenvalue weighted by molar-refractivity contribution is -0.139. The smallest absolute Gasteiger partial charge is 0.416 e. The van der Waals surface area contributed by atoms with Crippen LogP contribution in [0, 0.1) is 25.5 Å². The molecule has 2 atom stereocenters. The Kier molecular flexibility index (Phi) is 12.1. The van der Waals surface area contributed by atoms with Crippen LogP contribution in [0.15, 0.2) is 98.1 Å². The lowest BCUT2D eigenvalue weighted by atomic mass is 9.87. The average Bonchev–Trinajstić information content (AvgIpc) is 4.15. The second kappa shape index (κ2) is 18.0. The summed E-state index contributed by atoms with van der Waals surface area (Å²) in [5.41, 5.74) is 3.37. The van der Waals surface area contributed by atoms with Crippen LogP contribution in [0.4, 0.5) is 35.1 Å². The molecule has 20 heteroatoms. The standard InChI is InChI=1S/2C24H21F4N5O/c2*1-14-11-33(13-29-14)21-8-7-19(31-23(21)34-2)20-12-32-9-3-4-17(22(32)30-20)16-6-5-15(25)10-18(16)24(26,27)28/h2*5-8,10-13,17H,3-4,9H2,1-2H3/t2*17-/m10/s1. The quantitative estimate of drug-likeness (QED) is 0.138. The number of imidazole rings is 4. The van der Waals surface area contributed by atoms with Gasteiger partial charge in [-0.2, -0.15) is 26.3 Å². The third kappa shape index (κ3) is 9.05. The van der Waals surface area contributed by atoms with E-state index in [0.29, 0.717) is 108 Å². The van der Waals surface area contributed by atoms with Crippen LogP contribution in [0.2, 0.25) is 0 Å². The molecule has 0 bridgehead atoms. The fourth-order valence-corrected chi connectivity index (χ4v) is 8.91. The minimum Gasteiger partial charge on any atom is -0.479 e. The van der Waals surface area contributed by atoms with E-state index in [9.17, 15) is 35.1 Å². The molecule has 8 heterocycles. The van der Waals surface area contributed by atoms with Crippen LogP contribution >= 0.6 is 0 Å². The second-order valence-corrected chi connectivity index (χ2v) is 16.5. The molecule has 0 fully saturated rings. The highest BCUT2D eigenvalue weighted by molar-refractivity contribution is 5.60. The number of hydrogen-bond donors (Lipinski definition) is 0. The van der Waals surface area contributed by atoms with E-state index in [-0.39, 0.29) is 11.1 Å². The number of nitrogens with zero attached hydrogens (tertiary/aromatic N) is 10. The Morgan fingerprint density at radius 3 is 1.29 bits per heavy atom. The maximum atomic E-state index is 13.7. The van der Waals surface area contributed by atoms with Gasteiger partial charge in [-0.15, -0.1) is 0 Å². The van der Waals surface area contributed by atoms with E-state index in [0.717, 1.165) is 23.5 Å². The molecule has 2 aromatic carbocycles. The van der Waals surface area contributed by atoms with Crippen LogP contribution < -0.4 is 9.47 Å². The van der Waals surface area contributed by atoms with Gasteiger partial charge in [-0.05, 0) is 99.2 Å². The van der Waals surface area contributed by atoms with Crippen molar-refractivity contribution in [1.82, 2.24) is 48.2 Å². The van der Waals surface area contributed by atoms with Gasteiger partial charge in [-0.25, -0.2) is 38.7 Å². The van der Waals surface area contributed by atoms with Gasteiger partial charge in [0.05, 0.1) is 60.8 Å². The number of aryl methyl sites for hydroxylation is 4. The zero-order valence-corrected chi connectivity index (χ0v) is 36.9. The molecule has 0 amide bonds. The summed E-state index contributed by atoms with van der Waals surface area (Å²) in [6.07, 6.45) is 3.61. The number of benzene rings is 2. The first-order valence-corrected chi connectivity index (χ1v) is 21.5. The average molecular weight is 943 g/mol. The molecule has 0 unspecified atom stereocenters. The van der Waals surface area contributed by atoms with Crippen molar-refractivity contribution in [3.63, 3.8) is 0 Å². The number of pyridine rings is 2. The first-order valence-electron chi connectivity index (χ1n) is 21.5. The van der Waals surface area contributed by atoms with E-state index < -0.39 is 46.9 Å². The predicted octanol–water partition coefficient (Wildman–Crippen LogP) is 11.1. The molecule has 0 radical (unpaired) electrons. The molecular weight excluding hydrogens is 901 g/mol. The first kappa shape index (κ1) is 45.8. The molecule has 0 spiro atoms. The van der Waals surface area contributed by atoms with Gasteiger partial charge < -0.3 is 27.7 Å². The molecule has 0 N–H and O–H groups in total. The minimum absolute atomic E-state index is 0.0309. The molecule has 8 aromatic rings. The van der Waals surface area contributed by atoms with E-state index in [1.54, 1.807) is 46.3 Å². The molecule has 10 rings (SSSR count). The Hall–Kier alpha value is -7.38. The van der Waals surface area contributed by atoms with Gasteiger partial charge in [0.2, 0.25) is 11.8 Å². The Bertz CT molecular complexity index is 2920. The largest absolute Gasteiger partial charge is 0.479 e. The number of hydrogen-bond acceptors (Lipinski definition) is 8. The topological polar surface area (TPSA) is 116 Å². The Morgan fingerprint density at radius 2 is 0.941 bits per heavy atom. The van der Waals surface area contributed by atoms with Crippen molar-refractivity contribution in [3.8, 4) is 45.9 Å². The Labute approximate surface area is 383 Å². The van der Waals surface area contributed by atoms with Crippen molar-refractivity contribution >= 4 is 0 Å². The van der Waals surface area contributed by atoms with Gasteiger partial charge in [0.15, 0.2) is 0 Å². The number of alkyl halides is 6. The van der Waals surface area contributed by atoms with E-state index >= 15 is 0 Å². The summed E-state index contributed by atoms with van der Waals surface area (Å²) in [6.45, 7) is 5.01. The number of methoxy groups -OCH3 is 2. The number of aromatic nitrogens is 10. The zero-order chi connectivity index (χ0) is 48.1. The van der Waals surface area contributed by atoms with Crippen LogP contribution in [-0.4, -0.2) is 62.4 Å². The van der Waals surface area contributed by atoms with Crippen molar-refractivity contribution in [1.29, 1.82) is 0 Å². The Morgan fingerprint density at radius 1 is 0.529 bits per heavy atom. The number of ether oxygens (including phenoxy) is 2. The van der Waals surface area contributed by atoms with Gasteiger partial charge in [0.25, 0.3) is 0 Å². The summed E-state index contributed by atoms with van der Waals surface area (Å²) in [5.74, 6) is -1.28. The van der Waals surface area contributed by atoms with E-state index in [4.69, 9.17) is 9.47 Å². The zero-order valence-electron chi connectivity index (χ0n) is 36.9. The SMILES string of the molecule is COc1nc(-c2cn3c(n2)[C@@H](c2ccc(F)cc2C(F)(F)F)CCC3)ccc1-n1cnc(C)c1.COc1nc(-c2cn3c(n2)[C@H](c2ccc(F)cc2C(F)(F)F)CCC3)ccc1-n1cnc(C)c1. The summed E-state index contributed by atoms with van der Waals surface area (Å²) in [5, 5.41) is 0. The number of halogens is 8. The maximum absolute atomic E-state index is 13.7. The van der Waals surface area contributed by atoms with E-state index in [1.807, 2.05) is 47.5 Å². The first-order chi connectivity index (χ1) is 32.5. The van der Waals surface area contributed by atoms with Gasteiger partial charge in [-0.1, -0.05) is 12.1 Å². The van der Waals surface area contributed by atoms with Gasteiger partial charge >= 0.3 is 12.4 Å². The van der Waals surface area contributed by atoms with Gasteiger partial charge in [0.1, 0.15) is 46.0 Å². The summed E-state index contributed by atoms with van der Waals surface area (Å²) < 4.78 is 128. The van der Waals surface area contributed by atoms with Crippen molar-refractivity contribution in [2.24, 2.45) is 0 Å². The van der Waals surface area contributed by atoms with Crippen LogP contribution in [0.1, 0.15) is 82.8 Å². The van der Waals surface area contributed by atoms with Crippen molar-refractivity contribution in [2.75, 3.05) is 14.2 Å². The third-order valence-electron chi connectivity index (χ3n) is 12.0. The highest BCUT2D eigenvalue weighted by Gasteiger charge is 2.39. The van der Waals surface area contributed by atoms with Crippen LogP contribution in [0.3, 0.4) is 0 Å². The molecular formula is C48H42F8N10O2. The predicted molar refractivity (Wildman–Crippen MR) is 233 cm³/mol. The highest BCUT2D eigenvalue weighted by Crippen LogP contribution is 2.44. The minimum atomic E-state index is -4.66. The molecule has 0 aliphatic carbocycles. The summed E-state index contributed by atoms with van der Waals surface area (Å²) in [7, 11) is 3.03. The van der Waals surface area contributed by atoms with Crippen LogP contribution in [0.25, 0.3) is 34.2 Å². The monoisotopic (exact) mass is 942 g/mol. The second-order valence-electron chi connectivity index (χ2n) is 16.5. The molecule has 68 heavy (non-hydrogen) atoms. The van der Waals surface area contributed by atoms with E-state index in [1.165, 1.54) is 26.4 Å². The fraction of sp³-hybridized carbons (Fsp3) is 0.292. The molecule has 0 saturated carbocycles. The lowest BCUT2D eigenvalue weighted by Crippen LogP contribution is -2.20. The maximum Gasteiger partial charge on any atom is 0.416 e. The lowest BCUT2D eigenvalue weighted by Gasteiger charge is -2.26. The van der Waals surface area contributed by atoms with E-state index in [2.05, 4.69) is 29.9 Å². The van der Waals surface area contributed by atoms with Crippen molar-refractivity contribution in [3.05, 3.63) is 155 Å². The Balaban J connectivity index is 0.000000170. The molecule has 0 saturated heterocycles. The normalized spacial score (nSPS) is 15.9. The molecule has 2 aliphatic rings. The number of fused-ring (bicyclic) bond motifs is 2. The van der Waals surface area contributed by atoms with Gasteiger partial charge in [-0.3, -0.25) is 0 Å². The molecule has 12 nitrogen and oxygen atoms in total. The summed E-state index contributed by atoms with van der Waals surface area (Å²) >= 11 is 0. The van der Waals surface area contributed by atoms with Crippen molar-refractivity contribution in [2.45, 2.75) is 76.8 Å². The van der Waals surface area contributed by atoms with Gasteiger partial charge in [0, 0.05) is 49.7 Å². The number of rotatable bonds is 8. The summed E-state index contributed by atoms with van der Waals surface area (Å²) in [4.78, 5) is 26.9. The van der Waals surface area contributed by atoms with Crippen molar-refractivity contribution < 1.29 is 44.6 Å². The molecule has 6 aromatic heterocycles. The molecule has 352 valence electrons. The fourth-order valence-electron chi connectivity index (χ4n) is 8.91.